The van der Waals surface area contributed by atoms with Gasteiger partial charge >= 0.3 is 0 Å². The summed E-state index contributed by atoms with van der Waals surface area (Å²) in [5.41, 5.74) is 6.79. The predicted molar refractivity (Wildman–Crippen MR) is 71.2 cm³/mol. The van der Waals surface area contributed by atoms with E-state index in [1.165, 1.54) is 4.90 Å². The lowest BCUT2D eigenvalue weighted by Gasteiger charge is -2.17. The number of aryl methyl sites for hydroxylation is 1. The lowest BCUT2D eigenvalue weighted by atomic mass is 10.1. The summed E-state index contributed by atoms with van der Waals surface area (Å²) in [4.78, 5) is 13.5. The second-order valence-corrected chi connectivity index (χ2v) is 4.44. The van der Waals surface area contributed by atoms with Gasteiger partial charge in [-0.3, -0.25) is 4.79 Å². The first kappa shape index (κ1) is 14.3. The molecule has 0 saturated heterocycles. The van der Waals surface area contributed by atoms with Crippen molar-refractivity contribution in [3.63, 3.8) is 0 Å². The maximum Gasteiger partial charge on any atom is 0.253 e. The molecule has 0 unspecified atom stereocenters. The standard InChI is InChI=1S/C12H16ClN3O2/c1-8-3-4-9(7-10(8)13)12(17)16(2)6-5-11(14)15-18/h3-4,7,18H,5-6H2,1-2H3,(H2,14,15). The molecule has 3 N–H and O–H groups in total. The third kappa shape index (κ3) is 3.63. The van der Waals surface area contributed by atoms with Crippen LogP contribution >= 0.6 is 11.6 Å². The lowest BCUT2D eigenvalue weighted by molar-refractivity contribution is 0.0798. The van der Waals surface area contributed by atoms with Crippen molar-refractivity contribution in [1.29, 1.82) is 0 Å². The quantitative estimate of drug-likeness (QED) is 0.379. The number of rotatable bonds is 4. The fourth-order valence-electron chi connectivity index (χ4n) is 1.38. The van der Waals surface area contributed by atoms with E-state index in [1.807, 2.05) is 6.92 Å². The number of carbonyl (C=O) groups is 1. The molecule has 1 amide bonds. The smallest absolute Gasteiger partial charge is 0.253 e. The minimum atomic E-state index is -0.150. The molecule has 0 aliphatic carbocycles. The van der Waals surface area contributed by atoms with Crippen molar-refractivity contribution in [2.24, 2.45) is 10.9 Å². The maximum absolute atomic E-state index is 12.0. The molecule has 18 heavy (non-hydrogen) atoms. The Labute approximate surface area is 111 Å². The topological polar surface area (TPSA) is 78.9 Å². The Morgan fingerprint density at radius 1 is 1.56 bits per heavy atom. The molecular formula is C12H16ClN3O2. The van der Waals surface area contributed by atoms with E-state index in [9.17, 15) is 4.79 Å². The summed E-state index contributed by atoms with van der Waals surface area (Å²) >= 11 is 5.97. The van der Waals surface area contributed by atoms with E-state index in [-0.39, 0.29) is 11.7 Å². The van der Waals surface area contributed by atoms with Gasteiger partial charge in [-0.15, -0.1) is 0 Å². The maximum atomic E-state index is 12.0. The van der Waals surface area contributed by atoms with Crippen molar-refractivity contribution in [2.75, 3.05) is 13.6 Å². The molecule has 1 aromatic rings. The predicted octanol–water partition coefficient (Wildman–Crippen LogP) is 1.86. The van der Waals surface area contributed by atoms with Crippen LogP contribution in [0.15, 0.2) is 23.4 Å². The van der Waals surface area contributed by atoms with E-state index in [0.29, 0.717) is 23.6 Å². The number of amidine groups is 1. The first-order valence-corrected chi connectivity index (χ1v) is 5.81. The van der Waals surface area contributed by atoms with Crippen LogP contribution in [0.5, 0.6) is 0 Å². The van der Waals surface area contributed by atoms with Gasteiger partial charge in [0, 0.05) is 30.6 Å². The Bertz CT molecular complexity index is 474. The SMILES string of the molecule is Cc1ccc(C(=O)N(C)CCC(N)=NO)cc1Cl. The van der Waals surface area contributed by atoms with Crippen LogP contribution in [0.25, 0.3) is 0 Å². The van der Waals surface area contributed by atoms with Crippen molar-refractivity contribution in [1.82, 2.24) is 4.90 Å². The highest BCUT2D eigenvalue weighted by atomic mass is 35.5. The number of halogens is 1. The van der Waals surface area contributed by atoms with Gasteiger partial charge in [0.25, 0.3) is 5.91 Å². The number of hydrogen-bond donors (Lipinski definition) is 2. The Morgan fingerprint density at radius 3 is 2.78 bits per heavy atom. The molecule has 0 bridgehead atoms. The van der Waals surface area contributed by atoms with Crippen LogP contribution in [0.1, 0.15) is 22.3 Å². The molecule has 1 rings (SSSR count). The fraction of sp³-hybridized carbons (Fsp3) is 0.333. The molecule has 0 aliphatic rings. The zero-order chi connectivity index (χ0) is 13.7. The van der Waals surface area contributed by atoms with Gasteiger partial charge in [-0.1, -0.05) is 22.8 Å². The summed E-state index contributed by atoms with van der Waals surface area (Å²) in [5, 5.41) is 11.8. The summed E-state index contributed by atoms with van der Waals surface area (Å²) in [6.45, 7) is 2.25. The molecule has 5 nitrogen and oxygen atoms in total. The van der Waals surface area contributed by atoms with E-state index < -0.39 is 0 Å². The Morgan fingerprint density at radius 2 is 2.22 bits per heavy atom. The minimum Gasteiger partial charge on any atom is -0.409 e. The summed E-state index contributed by atoms with van der Waals surface area (Å²) < 4.78 is 0. The van der Waals surface area contributed by atoms with Crippen LogP contribution in [0.4, 0.5) is 0 Å². The molecule has 6 heteroatoms. The monoisotopic (exact) mass is 269 g/mol. The molecule has 98 valence electrons. The third-order valence-corrected chi connectivity index (χ3v) is 3.00. The zero-order valence-corrected chi connectivity index (χ0v) is 11.1. The largest absolute Gasteiger partial charge is 0.409 e. The fourth-order valence-corrected chi connectivity index (χ4v) is 1.56. The molecule has 0 spiro atoms. The number of carbonyl (C=O) groups excluding carboxylic acids is 1. The summed E-state index contributed by atoms with van der Waals surface area (Å²) in [7, 11) is 1.65. The van der Waals surface area contributed by atoms with Gasteiger partial charge in [0.05, 0.1) is 0 Å². The second kappa shape index (κ2) is 6.26. The van der Waals surface area contributed by atoms with Gasteiger partial charge in [0.15, 0.2) is 0 Å². The number of amides is 1. The number of nitrogens with two attached hydrogens (primary N) is 1. The van der Waals surface area contributed by atoms with E-state index in [4.69, 9.17) is 22.5 Å². The molecule has 1 aromatic carbocycles. The molecular weight excluding hydrogens is 254 g/mol. The molecule has 0 atom stereocenters. The molecule has 0 aliphatic heterocycles. The Balaban J connectivity index is 2.71. The number of oxime groups is 1. The van der Waals surface area contributed by atoms with Gasteiger partial charge in [0.1, 0.15) is 5.84 Å². The highest BCUT2D eigenvalue weighted by Gasteiger charge is 2.12. The number of benzene rings is 1. The van der Waals surface area contributed by atoms with Crippen LogP contribution in [0.2, 0.25) is 5.02 Å². The molecule has 0 heterocycles. The van der Waals surface area contributed by atoms with E-state index in [2.05, 4.69) is 5.16 Å². The Hall–Kier alpha value is -1.75. The molecule has 0 radical (unpaired) electrons. The van der Waals surface area contributed by atoms with Crippen molar-refractivity contribution in [3.8, 4) is 0 Å². The van der Waals surface area contributed by atoms with E-state index in [0.717, 1.165) is 5.56 Å². The van der Waals surface area contributed by atoms with Crippen LogP contribution in [0, 0.1) is 6.92 Å². The summed E-state index contributed by atoms with van der Waals surface area (Å²) in [6, 6.07) is 5.16. The highest BCUT2D eigenvalue weighted by Crippen LogP contribution is 2.17. The van der Waals surface area contributed by atoms with Gasteiger partial charge in [-0.05, 0) is 24.6 Å². The van der Waals surface area contributed by atoms with Crippen molar-refractivity contribution >= 4 is 23.3 Å². The first-order valence-electron chi connectivity index (χ1n) is 5.43. The summed E-state index contributed by atoms with van der Waals surface area (Å²) in [5.74, 6) is -0.0563. The molecule has 0 aromatic heterocycles. The second-order valence-electron chi connectivity index (χ2n) is 4.03. The lowest BCUT2D eigenvalue weighted by Crippen LogP contribution is -2.30. The van der Waals surface area contributed by atoms with Crippen LogP contribution in [0.3, 0.4) is 0 Å². The highest BCUT2D eigenvalue weighted by molar-refractivity contribution is 6.31. The normalized spacial score (nSPS) is 11.4. The number of hydrogen-bond acceptors (Lipinski definition) is 3. The van der Waals surface area contributed by atoms with Gasteiger partial charge < -0.3 is 15.8 Å². The van der Waals surface area contributed by atoms with Crippen molar-refractivity contribution in [2.45, 2.75) is 13.3 Å². The van der Waals surface area contributed by atoms with Gasteiger partial charge in [-0.2, -0.15) is 0 Å². The van der Waals surface area contributed by atoms with Crippen LogP contribution in [-0.4, -0.2) is 35.4 Å². The summed E-state index contributed by atoms with van der Waals surface area (Å²) in [6.07, 6.45) is 0.318. The van der Waals surface area contributed by atoms with E-state index >= 15 is 0 Å². The van der Waals surface area contributed by atoms with E-state index in [1.54, 1.807) is 25.2 Å². The zero-order valence-electron chi connectivity index (χ0n) is 10.4. The van der Waals surface area contributed by atoms with Gasteiger partial charge in [-0.25, -0.2) is 0 Å². The Kier molecular flexibility index (Phi) is 4.97. The number of nitrogens with zero attached hydrogens (tertiary/aromatic N) is 2. The van der Waals surface area contributed by atoms with Crippen LogP contribution in [-0.2, 0) is 0 Å². The third-order valence-electron chi connectivity index (χ3n) is 2.60. The van der Waals surface area contributed by atoms with Crippen LogP contribution < -0.4 is 5.73 Å². The average Bonchev–Trinajstić information content (AvgIpc) is 2.37. The molecule has 0 fully saturated rings. The minimum absolute atomic E-state index is 0.0941. The van der Waals surface area contributed by atoms with Gasteiger partial charge in [0.2, 0.25) is 0 Å². The first-order chi connectivity index (χ1) is 8.45. The van der Waals surface area contributed by atoms with Crippen molar-refractivity contribution in [3.05, 3.63) is 34.3 Å². The average molecular weight is 270 g/mol. The molecule has 0 saturated carbocycles. The van der Waals surface area contributed by atoms with Crippen molar-refractivity contribution < 1.29 is 10.0 Å².